The number of rotatable bonds is 3. The molecule has 1 atom stereocenters. The Kier molecular flexibility index (Phi) is 3.50. The molecular weight excluding hydrogens is 250 g/mol. The van der Waals surface area contributed by atoms with Crippen LogP contribution in [0.3, 0.4) is 0 Å². The molecule has 1 aliphatic rings. The van der Waals surface area contributed by atoms with Crippen LogP contribution >= 0.6 is 0 Å². The van der Waals surface area contributed by atoms with Gasteiger partial charge in [-0.1, -0.05) is 12.1 Å². The van der Waals surface area contributed by atoms with Gasteiger partial charge in [0.05, 0.1) is 0 Å². The molecule has 0 aromatic heterocycles. The van der Waals surface area contributed by atoms with Crippen molar-refractivity contribution in [2.45, 2.75) is 19.4 Å². The number of cyclic esters (lactones) is 1. The summed E-state index contributed by atoms with van der Waals surface area (Å²) in [6.45, 7) is 1.69. The third-order valence-electron chi connectivity index (χ3n) is 2.92. The molecule has 1 aromatic rings. The van der Waals surface area contributed by atoms with E-state index in [1.807, 2.05) is 0 Å². The summed E-state index contributed by atoms with van der Waals surface area (Å²) in [7, 11) is 0. The molecule has 1 heterocycles. The number of anilines is 1. The van der Waals surface area contributed by atoms with Crippen LogP contribution < -0.4 is 4.90 Å². The lowest BCUT2D eigenvalue weighted by molar-refractivity contribution is -0.147. The minimum Gasteiger partial charge on any atom is -0.479 e. The lowest BCUT2D eigenvalue weighted by Gasteiger charge is -2.30. The van der Waals surface area contributed by atoms with Crippen LogP contribution in [0.4, 0.5) is 10.5 Å². The first-order valence-electron chi connectivity index (χ1n) is 5.81. The molecule has 100 valence electrons. The van der Waals surface area contributed by atoms with Gasteiger partial charge in [-0.25, -0.2) is 9.59 Å². The van der Waals surface area contributed by atoms with E-state index in [2.05, 4.69) is 0 Å². The van der Waals surface area contributed by atoms with Crippen molar-refractivity contribution in [3.8, 4) is 0 Å². The molecule has 0 bridgehead atoms. The van der Waals surface area contributed by atoms with Gasteiger partial charge in [0.25, 0.3) is 0 Å². The van der Waals surface area contributed by atoms with E-state index in [9.17, 15) is 14.4 Å². The van der Waals surface area contributed by atoms with Crippen LogP contribution in [-0.2, 0) is 9.53 Å². The smallest absolute Gasteiger partial charge is 0.415 e. The summed E-state index contributed by atoms with van der Waals surface area (Å²) < 4.78 is 4.82. The number of carboxylic acids is 1. The van der Waals surface area contributed by atoms with Gasteiger partial charge in [-0.05, 0) is 19.1 Å². The number of amides is 1. The van der Waals surface area contributed by atoms with Gasteiger partial charge in [0.2, 0.25) is 6.10 Å². The molecule has 1 amide bonds. The van der Waals surface area contributed by atoms with Gasteiger partial charge in [-0.2, -0.15) is 0 Å². The minimum absolute atomic E-state index is 0.101. The molecule has 0 saturated carbocycles. The molecule has 1 N–H and O–H groups in total. The Balaban J connectivity index is 2.19. The predicted octanol–water partition coefficient (Wildman–Crippen LogP) is 1.69. The second-order valence-corrected chi connectivity index (χ2v) is 4.26. The molecule has 1 unspecified atom stereocenters. The maximum Gasteiger partial charge on any atom is 0.415 e. The van der Waals surface area contributed by atoms with E-state index in [0.717, 1.165) is 0 Å². The van der Waals surface area contributed by atoms with Crippen molar-refractivity contribution in [3.63, 3.8) is 0 Å². The molecule has 0 spiro atoms. The van der Waals surface area contributed by atoms with E-state index < -0.39 is 18.2 Å². The number of ketones is 1. The first-order valence-corrected chi connectivity index (χ1v) is 5.81. The summed E-state index contributed by atoms with van der Waals surface area (Å²) in [5.41, 5.74) is 1.02. The van der Waals surface area contributed by atoms with Crippen molar-refractivity contribution >= 4 is 23.5 Å². The predicted molar refractivity (Wildman–Crippen MR) is 66.3 cm³/mol. The number of nitrogens with zero attached hydrogens (tertiary/aromatic N) is 1. The molecule has 19 heavy (non-hydrogen) atoms. The van der Waals surface area contributed by atoms with Gasteiger partial charge in [0.15, 0.2) is 5.78 Å². The molecule has 1 aromatic carbocycles. The number of ether oxygens (including phenoxy) is 1. The van der Waals surface area contributed by atoms with Crippen molar-refractivity contribution in [1.82, 2.24) is 0 Å². The van der Waals surface area contributed by atoms with Gasteiger partial charge >= 0.3 is 12.1 Å². The molecule has 0 aliphatic carbocycles. The number of hydrogen-bond donors (Lipinski definition) is 1. The van der Waals surface area contributed by atoms with E-state index in [-0.39, 0.29) is 18.7 Å². The largest absolute Gasteiger partial charge is 0.479 e. The lowest BCUT2D eigenvalue weighted by Crippen LogP contribution is -2.45. The average Bonchev–Trinajstić information content (AvgIpc) is 2.38. The number of benzene rings is 1. The molecule has 6 heteroatoms. The SMILES string of the molecule is CC(=O)c1cccc(N2CCC(C(=O)O)OC2=O)c1. The summed E-state index contributed by atoms with van der Waals surface area (Å²) in [6, 6.07) is 6.59. The van der Waals surface area contributed by atoms with Crippen LogP contribution in [0.5, 0.6) is 0 Å². The Hall–Kier alpha value is -2.37. The molecule has 1 fully saturated rings. The summed E-state index contributed by atoms with van der Waals surface area (Å²) >= 11 is 0. The van der Waals surface area contributed by atoms with Gasteiger partial charge in [0, 0.05) is 24.2 Å². The second kappa shape index (κ2) is 5.09. The average molecular weight is 263 g/mol. The van der Waals surface area contributed by atoms with Crippen LogP contribution in [0.1, 0.15) is 23.7 Å². The third kappa shape index (κ3) is 2.73. The Labute approximate surface area is 109 Å². The highest BCUT2D eigenvalue weighted by Crippen LogP contribution is 2.22. The maximum absolute atomic E-state index is 11.7. The number of aliphatic carboxylic acids is 1. The van der Waals surface area contributed by atoms with Crippen molar-refractivity contribution in [1.29, 1.82) is 0 Å². The Morgan fingerprint density at radius 3 is 2.74 bits per heavy atom. The normalized spacial score (nSPS) is 18.9. The van der Waals surface area contributed by atoms with Crippen LogP contribution in [0.2, 0.25) is 0 Å². The fourth-order valence-electron chi connectivity index (χ4n) is 1.88. The molecule has 1 saturated heterocycles. The Morgan fingerprint density at radius 2 is 2.16 bits per heavy atom. The third-order valence-corrected chi connectivity index (χ3v) is 2.92. The molecule has 6 nitrogen and oxygen atoms in total. The van der Waals surface area contributed by atoms with Crippen molar-refractivity contribution in [3.05, 3.63) is 29.8 Å². The summed E-state index contributed by atoms with van der Waals surface area (Å²) in [6.07, 6.45) is -1.59. The monoisotopic (exact) mass is 263 g/mol. The topological polar surface area (TPSA) is 83.9 Å². The van der Waals surface area contributed by atoms with E-state index in [4.69, 9.17) is 9.84 Å². The van der Waals surface area contributed by atoms with E-state index >= 15 is 0 Å². The van der Waals surface area contributed by atoms with Crippen LogP contribution in [0.15, 0.2) is 24.3 Å². The molecule has 1 aliphatic heterocycles. The standard InChI is InChI=1S/C13H13NO5/c1-8(15)9-3-2-4-10(7-9)14-6-5-11(12(16)17)19-13(14)18/h2-4,7,11H,5-6H2,1H3,(H,16,17). The van der Waals surface area contributed by atoms with Gasteiger partial charge in [0.1, 0.15) is 0 Å². The van der Waals surface area contributed by atoms with Crippen molar-refractivity contribution in [2.75, 3.05) is 11.4 Å². The molecule has 0 radical (unpaired) electrons. The highest BCUT2D eigenvalue weighted by Gasteiger charge is 2.32. The highest BCUT2D eigenvalue weighted by atomic mass is 16.6. The zero-order valence-corrected chi connectivity index (χ0v) is 10.3. The Bertz CT molecular complexity index is 540. The quantitative estimate of drug-likeness (QED) is 0.839. The zero-order valence-electron chi connectivity index (χ0n) is 10.3. The van der Waals surface area contributed by atoms with Crippen LogP contribution in [0.25, 0.3) is 0 Å². The second-order valence-electron chi connectivity index (χ2n) is 4.26. The number of carboxylic acid groups (broad SMARTS) is 1. The first kappa shape index (κ1) is 13.1. The maximum atomic E-state index is 11.7. The number of carbonyl (C=O) groups excluding carboxylic acids is 2. The van der Waals surface area contributed by atoms with Gasteiger partial charge < -0.3 is 9.84 Å². The summed E-state index contributed by atoms with van der Waals surface area (Å²) in [4.78, 5) is 35.1. The van der Waals surface area contributed by atoms with E-state index in [1.54, 1.807) is 24.3 Å². The number of hydrogen-bond acceptors (Lipinski definition) is 4. The summed E-state index contributed by atoms with van der Waals surface area (Å²) in [5, 5.41) is 8.79. The lowest BCUT2D eigenvalue weighted by atomic mass is 10.1. The van der Waals surface area contributed by atoms with Gasteiger partial charge in [-0.15, -0.1) is 0 Å². The van der Waals surface area contributed by atoms with Crippen LogP contribution in [-0.4, -0.2) is 35.6 Å². The van der Waals surface area contributed by atoms with Crippen molar-refractivity contribution in [2.24, 2.45) is 0 Å². The Morgan fingerprint density at radius 1 is 1.42 bits per heavy atom. The van der Waals surface area contributed by atoms with E-state index in [1.165, 1.54) is 11.8 Å². The first-order chi connectivity index (χ1) is 8.99. The highest BCUT2D eigenvalue weighted by molar-refractivity contribution is 5.97. The summed E-state index contributed by atoms with van der Waals surface area (Å²) in [5.74, 6) is -1.25. The fourth-order valence-corrected chi connectivity index (χ4v) is 1.88. The number of carbonyl (C=O) groups is 3. The van der Waals surface area contributed by atoms with Gasteiger partial charge in [-0.3, -0.25) is 9.69 Å². The van der Waals surface area contributed by atoms with Crippen LogP contribution in [0, 0.1) is 0 Å². The molecular formula is C13H13NO5. The van der Waals surface area contributed by atoms with E-state index in [0.29, 0.717) is 11.3 Å². The minimum atomic E-state index is -1.15. The fraction of sp³-hybridized carbons (Fsp3) is 0.308. The van der Waals surface area contributed by atoms with Crippen molar-refractivity contribution < 1.29 is 24.2 Å². The molecule has 2 rings (SSSR count). The zero-order chi connectivity index (χ0) is 14.0. The number of Topliss-reactive ketones (excluding diaryl/α,β-unsaturated/α-hetero) is 1.